The summed E-state index contributed by atoms with van der Waals surface area (Å²) in [6, 6.07) is 0.535. The first-order valence-electron chi connectivity index (χ1n) is 6.91. The first kappa shape index (κ1) is 12.6. The third-order valence-corrected chi connectivity index (χ3v) is 5.83. The summed E-state index contributed by atoms with van der Waals surface area (Å²) in [6.07, 6.45) is 9.05. The molecule has 2 aliphatic rings. The molecule has 94 valence electrons. The molecule has 2 atom stereocenters. The molecule has 0 spiro atoms. The molecule has 16 heavy (non-hydrogen) atoms. The Bertz CT molecular complexity index is 234. The molecular weight excluding hydrogens is 218 g/mol. The summed E-state index contributed by atoms with van der Waals surface area (Å²) in [5.74, 6) is 1.73. The van der Waals surface area contributed by atoms with Crippen LogP contribution >= 0.6 is 0 Å². The van der Waals surface area contributed by atoms with Crippen LogP contribution in [0.1, 0.15) is 51.9 Å². The minimum absolute atomic E-state index is 0.508. The predicted molar refractivity (Wildman–Crippen MR) is 70.1 cm³/mol. The number of hydrogen-bond acceptors (Lipinski definition) is 2. The quantitative estimate of drug-likeness (QED) is 0.776. The number of nitrogens with one attached hydrogen (secondary N) is 1. The van der Waals surface area contributed by atoms with E-state index in [1.165, 1.54) is 44.9 Å². The van der Waals surface area contributed by atoms with Crippen molar-refractivity contribution in [2.45, 2.75) is 63.2 Å². The summed E-state index contributed by atoms with van der Waals surface area (Å²) in [7, 11) is -0.581. The van der Waals surface area contributed by atoms with Crippen LogP contribution in [0.4, 0.5) is 0 Å². The monoisotopic (exact) mass is 243 g/mol. The van der Waals surface area contributed by atoms with Crippen molar-refractivity contribution < 1.29 is 4.21 Å². The molecule has 0 aromatic heterocycles. The van der Waals surface area contributed by atoms with Crippen molar-refractivity contribution in [1.82, 2.24) is 5.32 Å². The van der Waals surface area contributed by atoms with E-state index in [2.05, 4.69) is 12.2 Å². The smallest absolute Gasteiger partial charge is 0.0394 e. The summed E-state index contributed by atoms with van der Waals surface area (Å²) < 4.78 is 12.3. The number of rotatable bonds is 6. The lowest BCUT2D eigenvalue weighted by Crippen LogP contribution is -2.38. The Hall–Kier alpha value is 0.110. The van der Waals surface area contributed by atoms with E-state index in [1.807, 2.05) is 0 Å². The minimum atomic E-state index is -0.581. The Balaban J connectivity index is 1.79. The molecule has 0 radical (unpaired) electrons. The van der Waals surface area contributed by atoms with Crippen LogP contribution in [0.2, 0.25) is 0 Å². The highest BCUT2D eigenvalue weighted by atomic mass is 32.2. The van der Waals surface area contributed by atoms with Crippen molar-refractivity contribution in [3.05, 3.63) is 0 Å². The van der Waals surface area contributed by atoms with Crippen molar-refractivity contribution >= 4 is 10.8 Å². The van der Waals surface area contributed by atoms with Gasteiger partial charge in [-0.15, -0.1) is 0 Å². The van der Waals surface area contributed by atoms with E-state index >= 15 is 0 Å². The van der Waals surface area contributed by atoms with Gasteiger partial charge in [0.05, 0.1) is 0 Å². The van der Waals surface area contributed by atoms with E-state index < -0.39 is 10.8 Å². The maximum atomic E-state index is 12.3. The van der Waals surface area contributed by atoms with Gasteiger partial charge in [-0.1, -0.05) is 26.2 Å². The molecule has 2 unspecified atom stereocenters. The van der Waals surface area contributed by atoms with Crippen molar-refractivity contribution in [2.24, 2.45) is 5.92 Å². The van der Waals surface area contributed by atoms with Crippen LogP contribution in [-0.4, -0.2) is 27.8 Å². The molecule has 0 aliphatic heterocycles. The van der Waals surface area contributed by atoms with Crippen molar-refractivity contribution in [1.29, 1.82) is 0 Å². The summed E-state index contributed by atoms with van der Waals surface area (Å²) in [4.78, 5) is 0. The van der Waals surface area contributed by atoms with E-state index in [-0.39, 0.29) is 0 Å². The van der Waals surface area contributed by atoms with Crippen LogP contribution in [0.15, 0.2) is 0 Å². The van der Waals surface area contributed by atoms with Gasteiger partial charge in [-0.05, 0) is 38.1 Å². The molecule has 0 aromatic carbocycles. The number of hydrogen-bond donors (Lipinski definition) is 1. The van der Waals surface area contributed by atoms with E-state index in [0.717, 1.165) is 18.2 Å². The third kappa shape index (κ3) is 3.56. The van der Waals surface area contributed by atoms with Crippen LogP contribution in [0, 0.1) is 5.92 Å². The molecule has 2 fully saturated rings. The molecule has 3 heteroatoms. The maximum absolute atomic E-state index is 12.3. The van der Waals surface area contributed by atoms with Gasteiger partial charge in [0, 0.05) is 27.8 Å². The van der Waals surface area contributed by atoms with Crippen LogP contribution in [0.25, 0.3) is 0 Å². The zero-order valence-corrected chi connectivity index (χ0v) is 11.2. The standard InChI is InChI=1S/C13H25NOS/c1-2-14-13(11-8-9-11)10-16(15)12-6-4-3-5-7-12/h11-14H,2-10H2,1H3. The fraction of sp³-hybridized carbons (Fsp3) is 1.00. The molecule has 0 saturated heterocycles. The topological polar surface area (TPSA) is 29.1 Å². The lowest BCUT2D eigenvalue weighted by molar-refractivity contribution is 0.489. The van der Waals surface area contributed by atoms with Gasteiger partial charge in [0.15, 0.2) is 0 Å². The van der Waals surface area contributed by atoms with Gasteiger partial charge in [-0.3, -0.25) is 4.21 Å². The molecule has 1 N–H and O–H groups in total. The second-order valence-corrected chi connectivity index (χ2v) is 7.07. The Morgan fingerprint density at radius 3 is 2.44 bits per heavy atom. The zero-order valence-electron chi connectivity index (χ0n) is 10.4. The highest BCUT2D eigenvalue weighted by molar-refractivity contribution is 7.85. The van der Waals surface area contributed by atoms with Crippen molar-refractivity contribution in [3.8, 4) is 0 Å². The molecule has 2 nitrogen and oxygen atoms in total. The SMILES string of the molecule is CCNC(CS(=O)C1CCCCC1)C1CC1. The van der Waals surface area contributed by atoms with Gasteiger partial charge >= 0.3 is 0 Å². The molecule has 0 heterocycles. The van der Waals surface area contributed by atoms with E-state index in [0.29, 0.717) is 11.3 Å². The summed E-state index contributed by atoms with van der Waals surface area (Å²) in [5, 5.41) is 4.03. The van der Waals surface area contributed by atoms with Crippen molar-refractivity contribution in [3.63, 3.8) is 0 Å². The molecule has 2 saturated carbocycles. The van der Waals surface area contributed by atoms with E-state index in [1.54, 1.807) is 0 Å². The Morgan fingerprint density at radius 1 is 1.19 bits per heavy atom. The molecule has 0 aromatic rings. The molecular formula is C13H25NOS. The second kappa shape index (κ2) is 6.15. The Kier molecular flexibility index (Phi) is 4.83. The first-order valence-corrected chi connectivity index (χ1v) is 8.30. The van der Waals surface area contributed by atoms with E-state index in [9.17, 15) is 4.21 Å². The van der Waals surface area contributed by atoms with Crippen LogP contribution < -0.4 is 5.32 Å². The normalized spacial score (nSPS) is 26.6. The highest BCUT2D eigenvalue weighted by Crippen LogP contribution is 2.33. The molecule has 2 rings (SSSR count). The fourth-order valence-corrected chi connectivity index (χ4v) is 4.64. The Morgan fingerprint density at radius 2 is 1.88 bits per heavy atom. The van der Waals surface area contributed by atoms with E-state index in [4.69, 9.17) is 0 Å². The average Bonchev–Trinajstić information content (AvgIpc) is 3.13. The zero-order chi connectivity index (χ0) is 11.4. The largest absolute Gasteiger partial charge is 0.313 e. The summed E-state index contributed by atoms with van der Waals surface area (Å²) >= 11 is 0. The van der Waals surface area contributed by atoms with Gasteiger partial charge in [0.1, 0.15) is 0 Å². The average molecular weight is 243 g/mol. The highest BCUT2D eigenvalue weighted by Gasteiger charge is 2.33. The molecule has 0 bridgehead atoms. The van der Waals surface area contributed by atoms with Gasteiger partial charge in [-0.25, -0.2) is 0 Å². The second-order valence-electron chi connectivity index (χ2n) is 5.31. The van der Waals surface area contributed by atoms with Crippen LogP contribution in [-0.2, 0) is 10.8 Å². The van der Waals surface area contributed by atoms with Gasteiger partial charge in [0.2, 0.25) is 0 Å². The Labute approximate surface area is 102 Å². The van der Waals surface area contributed by atoms with Crippen LogP contribution in [0.5, 0.6) is 0 Å². The molecule has 2 aliphatic carbocycles. The van der Waals surface area contributed by atoms with Gasteiger partial charge in [0.25, 0.3) is 0 Å². The lowest BCUT2D eigenvalue weighted by Gasteiger charge is -2.24. The summed E-state index contributed by atoms with van der Waals surface area (Å²) in [5.41, 5.74) is 0. The summed E-state index contributed by atoms with van der Waals surface area (Å²) in [6.45, 7) is 3.17. The minimum Gasteiger partial charge on any atom is -0.313 e. The third-order valence-electron chi connectivity index (χ3n) is 3.93. The fourth-order valence-electron chi connectivity index (χ4n) is 2.76. The maximum Gasteiger partial charge on any atom is 0.0394 e. The van der Waals surface area contributed by atoms with Gasteiger partial charge in [-0.2, -0.15) is 0 Å². The predicted octanol–water partition coefficient (Wildman–Crippen LogP) is 2.46. The van der Waals surface area contributed by atoms with Gasteiger partial charge < -0.3 is 5.32 Å². The first-order chi connectivity index (χ1) is 7.81. The van der Waals surface area contributed by atoms with Crippen LogP contribution in [0.3, 0.4) is 0 Å². The van der Waals surface area contributed by atoms with Crippen molar-refractivity contribution in [2.75, 3.05) is 12.3 Å². The molecule has 0 amide bonds. The lowest BCUT2D eigenvalue weighted by atomic mass is 10.0.